The standard InChI is InChI=1S/C12H16FNO2/c1-12(2,10(14)11(15)16-3)8-4-6-9(13)7-5-8/h4-7,10H,14H2,1-3H3. The summed E-state index contributed by atoms with van der Waals surface area (Å²) in [5, 5.41) is 0. The predicted molar refractivity (Wildman–Crippen MR) is 59.4 cm³/mol. The highest BCUT2D eigenvalue weighted by Crippen LogP contribution is 2.26. The second-order valence-electron chi connectivity index (χ2n) is 4.23. The lowest BCUT2D eigenvalue weighted by molar-refractivity contribution is -0.143. The van der Waals surface area contributed by atoms with Crippen molar-refractivity contribution in [3.05, 3.63) is 35.6 Å². The lowest BCUT2D eigenvalue weighted by Gasteiger charge is -2.30. The number of nitrogens with two attached hydrogens (primary N) is 1. The molecule has 2 N–H and O–H groups in total. The Morgan fingerprint density at radius 2 is 1.88 bits per heavy atom. The molecule has 1 atom stereocenters. The van der Waals surface area contributed by atoms with Gasteiger partial charge < -0.3 is 10.5 Å². The Morgan fingerprint density at radius 1 is 1.38 bits per heavy atom. The lowest BCUT2D eigenvalue weighted by Crippen LogP contribution is -2.47. The smallest absolute Gasteiger partial charge is 0.323 e. The molecule has 0 saturated carbocycles. The Labute approximate surface area is 94.4 Å². The molecule has 0 bridgehead atoms. The Bertz CT molecular complexity index is 373. The molecule has 0 amide bonds. The molecule has 88 valence electrons. The minimum atomic E-state index is -0.775. The van der Waals surface area contributed by atoms with Gasteiger partial charge in [0.1, 0.15) is 11.9 Å². The fourth-order valence-corrected chi connectivity index (χ4v) is 1.48. The van der Waals surface area contributed by atoms with Gasteiger partial charge in [0.25, 0.3) is 0 Å². The first-order valence-corrected chi connectivity index (χ1v) is 4.99. The molecule has 0 radical (unpaired) electrons. The molecule has 1 unspecified atom stereocenters. The van der Waals surface area contributed by atoms with Gasteiger partial charge >= 0.3 is 5.97 Å². The van der Waals surface area contributed by atoms with Crippen LogP contribution in [0.4, 0.5) is 4.39 Å². The number of halogens is 1. The number of carbonyl (C=O) groups excluding carboxylic acids is 1. The second-order valence-corrected chi connectivity index (χ2v) is 4.23. The molecular formula is C12H16FNO2. The van der Waals surface area contributed by atoms with Crippen LogP contribution in [0.5, 0.6) is 0 Å². The molecule has 0 saturated heterocycles. The van der Waals surface area contributed by atoms with Crippen LogP contribution in [0.15, 0.2) is 24.3 Å². The van der Waals surface area contributed by atoms with Crippen molar-refractivity contribution in [2.75, 3.05) is 7.11 Å². The summed E-state index contributed by atoms with van der Waals surface area (Å²) in [7, 11) is 1.29. The number of hydrogen-bond acceptors (Lipinski definition) is 3. The summed E-state index contributed by atoms with van der Waals surface area (Å²) in [6, 6.07) is 5.17. The largest absolute Gasteiger partial charge is 0.468 e. The van der Waals surface area contributed by atoms with Crippen LogP contribution in [0.2, 0.25) is 0 Å². The van der Waals surface area contributed by atoms with Crippen LogP contribution in [-0.2, 0) is 14.9 Å². The molecule has 1 aromatic rings. The van der Waals surface area contributed by atoms with Gasteiger partial charge in [-0.05, 0) is 17.7 Å². The average molecular weight is 225 g/mol. The zero-order valence-electron chi connectivity index (χ0n) is 9.66. The summed E-state index contributed by atoms with van der Waals surface area (Å²) in [6.45, 7) is 3.64. The van der Waals surface area contributed by atoms with Crippen LogP contribution < -0.4 is 5.73 Å². The SMILES string of the molecule is COC(=O)C(N)C(C)(C)c1ccc(F)cc1. The zero-order chi connectivity index (χ0) is 12.3. The van der Waals surface area contributed by atoms with Gasteiger partial charge in [0.05, 0.1) is 7.11 Å². The molecule has 0 aliphatic carbocycles. The van der Waals surface area contributed by atoms with Crippen LogP contribution in [0.25, 0.3) is 0 Å². The van der Waals surface area contributed by atoms with E-state index in [1.54, 1.807) is 12.1 Å². The summed E-state index contributed by atoms with van der Waals surface area (Å²) < 4.78 is 17.4. The maximum atomic E-state index is 12.8. The number of carbonyl (C=O) groups is 1. The third-order valence-corrected chi connectivity index (χ3v) is 2.82. The van der Waals surface area contributed by atoms with E-state index in [0.29, 0.717) is 0 Å². The highest BCUT2D eigenvalue weighted by atomic mass is 19.1. The zero-order valence-corrected chi connectivity index (χ0v) is 9.66. The number of methoxy groups -OCH3 is 1. The molecule has 0 aliphatic heterocycles. The van der Waals surface area contributed by atoms with Gasteiger partial charge in [-0.25, -0.2) is 4.39 Å². The van der Waals surface area contributed by atoms with Crippen molar-refractivity contribution < 1.29 is 13.9 Å². The van der Waals surface area contributed by atoms with Gasteiger partial charge in [-0.15, -0.1) is 0 Å². The highest BCUT2D eigenvalue weighted by Gasteiger charge is 2.34. The number of ether oxygens (including phenoxy) is 1. The first-order chi connectivity index (χ1) is 7.39. The van der Waals surface area contributed by atoms with Crippen LogP contribution in [0.1, 0.15) is 19.4 Å². The Balaban J connectivity index is 3.01. The first kappa shape index (κ1) is 12.6. The maximum Gasteiger partial charge on any atom is 0.323 e. The van der Waals surface area contributed by atoms with Crippen molar-refractivity contribution in [3.8, 4) is 0 Å². The number of benzene rings is 1. The quantitative estimate of drug-likeness (QED) is 0.795. The topological polar surface area (TPSA) is 52.3 Å². The molecule has 16 heavy (non-hydrogen) atoms. The van der Waals surface area contributed by atoms with E-state index < -0.39 is 17.4 Å². The van der Waals surface area contributed by atoms with E-state index in [1.165, 1.54) is 19.2 Å². The van der Waals surface area contributed by atoms with E-state index in [0.717, 1.165) is 5.56 Å². The minimum absolute atomic E-state index is 0.314. The fourth-order valence-electron chi connectivity index (χ4n) is 1.48. The average Bonchev–Trinajstić information content (AvgIpc) is 2.27. The third-order valence-electron chi connectivity index (χ3n) is 2.82. The van der Waals surface area contributed by atoms with E-state index in [2.05, 4.69) is 4.74 Å². The van der Waals surface area contributed by atoms with Crippen molar-refractivity contribution >= 4 is 5.97 Å². The second kappa shape index (κ2) is 4.61. The van der Waals surface area contributed by atoms with Crippen LogP contribution in [0.3, 0.4) is 0 Å². The normalized spacial score (nSPS) is 13.3. The van der Waals surface area contributed by atoms with Crippen molar-refractivity contribution in [2.24, 2.45) is 5.73 Å². The summed E-state index contributed by atoms with van der Waals surface area (Å²) in [4.78, 5) is 11.4. The van der Waals surface area contributed by atoms with Crippen molar-refractivity contribution in [1.29, 1.82) is 0 Å². The molecular weight excluding hydrogens is 209 g/mol. The van der Waals surface area contributed by atoms with E-state index in [9.17, 15) is 9.18 Å². The summed E-state index contributed by atoms with van der Waals surface area (Å²) >= 11 is 0. The van der Waals surface area contributed by atoms with Crippen molar-refractivity contribution in [3.63, 3.8) is 0 Å². The molecule has 1 rings (SSSR count). The highest BCUT2D eigenvalue weighted by molar-refractivity contribution is 5.77. The van der Waals surface area contributed by atoms with E-state index in [4.69, 9.17) is 5.73 Å². The lowest BCUT2D eigenvalue weighted by atomic mass is 9.78. The molecule has 3 nitrogen and oxygen atoms in total. The Morgan fingerprint density at radius 3 is 2.31 bits per heavy atom. The summed E-state index contributed by atoms with van der Waals surface area (Å²) in [6.07, 6.45) is 0. The van der Waals surface area contributed by atoms with Crippen molar-refractivity contribution in [2.45, 2.75) is 25.3 Å². The molecule has 0 aromatic heterocycles. The number of esters is 1. The molecule has 0 heterocycles. The number of hydrogen-bond donors (Lipinski definition) is 1. The van der Waals surface area contributed by atoms with Gasteiger partial charge in [-0.1, -0.05) is 26.0 Å². The monoisotopic (exact) mass is 225 g/mol. The molecule has 0 fully saturated rings. The van der Waals surface area contributed by atoms with Crippen molar-refractivity contribution in [1.82, 2.24) is 0 Å². The van der Waals surface area contributed by atoms with E-state index >= 15 is 0 Å². The van der Waals surface area contributed by atoms with E-state index in [-0.39, 0.29) is 5.82 Å². The van der Waals surface area contributed by atoms with Crippen LogP contribution in [-0.4, -0.2) is 19.1 Å². The molecule has 0 spiro atoms. The predicted octanol–water partition coefficient (Wildman–Crippen LogP) is 1.60. The van der Waals surface area contributed by atoms with Gasteiger partial charge in [0, 0.05) is 5.41 Å². The fraction of sp³-hybridized carbons (Fsp3) is 0.417. The van der Waals surface area contributed by atoms with Crippen LogP contribution >= 0.6 is 0 Å². The van der Waals surface area contributed by atoms with Crippen LogP contribution in [0, 0.1) is 5.82 Å². The van der Waals surface area contributed by atoms with Gasteiger partial charge in [-0.3, -0.25) is 4.79 Å². The van der Waals surface area contributed by atoms with Gasteiger partial charge in [0.15, 0.2) is 0 Å². The molecule has 1 aromatic carbocycles. The van der Waals surface area contributed by atoms with Gasteiger partial charge in [0.2, 0.25) is 0 Å². The van der Waals surface area contributed by atoms with E-state index in [1.807, 2.05) is 13.8 Å². The molecule has 4 heteroatoms. The third kappa shape index (κ3) is 2.39. The maximum absolute atomic E-state index is 12.8. The number of rotatable bonds is 3. The Hall–Kier alpha value is -1.42. The summed E-state index contributed by atoms with van der Waals surface area (Å²) in [5.41, 5.74) is 6.01. The Kier molecular flexibility index (Phi) is 3.65. The first-order valence-electron chi connectivity index (χ1n) is 4.99. The van der Waals surface area contributed by atoms with Gasteiger partial charge in [-0.2, -0.15) is 0 Å². The minimum Gasteiger partial charge on any atom is -0.468 e. The summed E-state index contributed by atoms with van der Waals surface area (Å²) in [5.74, 6) is -0.791. The molecule has 0 aliphatic rings.